The van der Waals surface area contributed by atoms with Gasteiger partial charge in [0.1, 0.15) is 0 Å². The first-order valence-electron chi connectivity index (χ1n) is 7.32. The number of nitrogen functional groups attached to an aromatic ring is 1. The maximum absolute atomic E-state index is 12.5. The fraction of sp³-hybridized carbons (Fsp3) is 0.438. The summed E-state index contributed by atoms with van der Waals surface area (Å²) in [6.45, 7) is 4.20. The van der Waals surface area contributed by atoms with Gasteiger partial charge in [0.15, 0.2) is 0 Å². The van der Waals surface area contributed by atoms with E-state index in [1.165, 1.54) is 19.3 Å². The predicted molar refractivity (Wildman–Crippen MR) is 82.8 cm³/mol. The predicted octanol–water partition coefficient (Wildman–Crippen LogP) is 2.59. The van der Waals surface area contributed by atoms with Crippen molar-refractivity contribution in [3.05, 3.63) is 40.7 Å². The SMILES string of the molecule is CC(N1CCCCC1)n1c(=O)c(N)cc2ccccc21. The molecule has 0 radical (unpaired) electrons. The fourth-order valence-corrected chi connectivity index (χ4v) is 3.13. The third-order valence-corrected chi connectivity index (χ3v) is 4.27. The van der Waals surface area contributed by atoms with Crippen LogP contribution in [0.15, 0.2) is 35.1 Å². The topological polar surface area (TPSA) is 51.3 Å². The van der Waals surface area contributed by atoms with E-state index < -0.39 is 0 Å². The lowest BCUT2D eigenvalue weighted by Gasteiger charge is -2.34. The van der Waals surface area contributed by atoms with Crippen LogP contribution >= 0.6 is 0 Å². The number of piperidine rings is 1. The molecule has 1 unspecified atom stereocenters. The maximum Gasteiger partial charge on any atom is 0.275 e. The average Bonchev–Trinajstić information content (AvgIpc) is 2.49. The lowest BCUT2D eigenvalue weighted by atomic mass is 10.1. The summed E-state index contributed by atoms with van der Waals surface area (Å²) >= 11 is 0. The molecule has 0 aliphatic carbocycles. The summed E-state index contributed by atoms with van der Waals surface area (Å²) in [5.74, 6) is 0. The first kappa shape index (κ1) is 13.2. The Kier molecular flexibility index (Phi) is 3.49. The monoisotopic (exact) mass is 271 g/mol. The molecule has 1 atom stereocenters. The summed E-state index contributed by atoms with van der Waals surface area (Å²) in [6, 6.07) is 9.72. The maximum atomic E-state index is 12.5. The molecule has 0 saturated carbocycles. The molecule has 1 aromatic carbocycles. The van der Waals surface area contributed by atoms with E-state index in [0.717, 1.165) is 24.0 Å². The van der Waals surface area contributed by atoms with Gasteiger partial charge in [-0.15, -0.1) is 0 Å². The highest BCUT2D eigenvalue weighted by molar-refractivity contribution is 5.81. The quantitative estimate of drug-likeness (QED) is 0.913. The van der Waals surface area contributed by atoms with E-state index in [4.69, 9.17) is 5.73 Å². The van der Waals surface area contributed by atoms with Gasteiger partial charge in [-0.05, 0) is 31.9 Å². The second-order valence-electron chi connectivity index (χ2n) is 5.56. The van der Waals surface area contributed by atoms with Gasteiger partial charge in [-0.3, -0.25) is 14.3 Å². The number of fused-ring (bicyclic) bond motifs is 1. The van der Waals surface area contributed by atoms with Crippen LogP contribution in [0.5, 0.6) is 0 Å². The van der Waals surface area contributed by atoms with Crippen LogP contribution in [-0.2, 0) is 0 Å². The lowest BCUT2D eigenvalue weighted by Crippen LogP contribution is -2.39. The van der Waals surface area contributed by atoms with Crippen molar-refractivity contribution < 1.29 is 0 Å². The first-order chi connectivity index (χ1) is 9.68. The Bertz CT molecular complexity index is 671. The molecule has 0 bridgehead atoms. The van der Waals surface area contributed by atoms with Crippen molar-refractivity contribution in [2.75, 3.05) is 18.8 Å². The molecule has 1 saturated heterocycles. The zero-order chi connectivity index (χ0) is 14.1. The smallest absolute Gasteiger partial charge is 0.275 e. The van der Waals surface area contributed by atoms with Crippen LogP contribution in [0.4, 0.5) is 5.69 Å². The number of rotatable bonds is 2. The van der Waals surface area contributed by atoms with E-state index in [9.17, 15) is 4.79 Å². The minimum absolute atomic E-state index is 0.0520. The second-order valence-corrected chi connectivity index (χ2v) is 5.56. The normalized spacial score (nSPS) is 18.2. The van der Waals surface area contributed by atoms with Crippen LogP contribution in [0, 0.1) is 0 Å². The highest BCUT2D eigenvalue weighted by atomic mass is 16.1. The van der Waals surface area contributed by atoms with Gasteiger partial charge in [0.25, 0.3) is 5.56 Å². The van der Waals surface area contributed by atoms with Crippen LogP contribution < -0.4 is 11.3 Å². The molecule has 4 nitrogen and oxygen atoms in total. The van der Waals surface area contributed by atoms with Crippen LogP contribution in [-0.4, -0.2) is 22.6 Å². The van der Waals surface area contributed by atoms with E-state index in [1.54, 1.807) is 6.07 Å². The van der Waals surface area contributed by atoms with Gasteiger partial charge < -0.3 is 5.73 Å². The Morgan fingerprint density at radius 2 is 1.85 bits per heavy atom. The van der Waals surface area contributed by atoms with Crippen molar-refractivity contribution in [1.29, 1.82) is 0 Å². The summed E-state index contributed by atoms with van der Waals surface area (Å²) in [5.41, 5.74) is 7.11. The minimum atomic E-state index is -0.0817. The minimum Gasteiger partial charge on any atom is -0.394 e. The number of benzene rings is 1. The van der Waals surface area contributed by atoms with Gasteiger partial charge in [0.2, 0.25) is 0 Å². The van der Waals surface area contributed by atoms with Gasteiger partial charge in [0.05, 0.1) is 17.4 Å². The number of hydrogen-bond donors (Lipinski definition) is 1. The number of anilines is 1. The number of nitrogens with two attached hydrogens (primary N) is 1. The van der Waals surface area contributed by atoms with Gasteiger partial charge in [-0.2, -0.15) is 0 Å². The molecule has 0 amide bonds. The Morgan fingerprint density at radius 1 is 1.15 bits per heavy atom. The van der Waals surface area contributed by atoms with Crippen LogP contribution in [0.1, 0.15) is 32.4 Å². The van der Waals surface area contributed by atoms with Crippen LogP contribution in [0.25, 0.3) is 10.9 Å². The average molecular weight is 271 g/mol. The van der Waals surface area contributed by atoms with Crippen molar-refractivity contribution in [3.8, 4) is 0 Å². The number of para-hydroxylation sites is 1. The molecular formula is C16H21N3O. The summed E-state index contributed by atoms with van der Waals surface area (Å²) in [7, 11) is 0. The second kappa shape index (κ2) is 5.29. The van der Waals surface area contributed by atoms with E-state index in [1.807, 2.05) is 28.8 Å². The molecule has 2 heterocycles. The Labute approximate surface area is 118 Å². The number of nitrogens with zero attached hydrogens (tertiary/aromatic N) is 2. The molecule has 4 heteroatoms. The lowest BCUT2D eigenvalue weighted by molar-refractivity contribution is 0.127. The van der Waals surface area contributed by atoms with Gasteiger partial charge in [0, 0.05) is 18.5 Å². The van der Waals surface area contributed by atoms with E-state index in [2.05, 4.69) is 11.8 Å². The highest BCUT2D eigenvalue weighted by Gasteiger charge is 2.21. The number of likely N-dealkylation sites (tertiary alicyclic amines) is 1. The summed E-state index contributed by atoms with van der Waals surface area (Å²) in [4.78, 5) is 14.8. The summed E-state index contributed by atoms with van der Waals surface area (Å²) in [5, 5.41) is 1.02. The van der Waals surface area contributed by atoms with Gasteiger partial charge >= 0.3 is 0 Å². The fourth-order valence-electron chi connectivity index (χ4n) is 3.13. The number of pyridine rings is 1. The highest BCUT2D eigenvalue weighted by Crippen LogP contribution is 2.23. The Morgan fingerprint density at radius 3 is 2.60 bits per heavy atom. The van der Waals surface area contributed by atoms with Crippen LogP contribution in [0.3, 0.4) is 0 Å². The molecule has 1 aliphatic heterocycles. The summed E-state index contributed by atoms with van der Waals surface area (Å²) < 4.78 is 1.84. The van der Waals surface area contributed by atoms with Crippen molar-refractivity contribution in [2.24, 2.45) is 0 Å². The van der Waals surface area contributed by atoms with Crippen molar-refractivity contribution in [2.45, 2.75) is 32.4 Å². The Balaban J connectivity index is 2.13. The van der Waals surface area contributed by atoms with Gasteiger partial charge in [-0.1, -0.05) is 24.6 Å². The van der Waals surface area contributed by atoms with Gasteiger partial charge in [-0.25, -0.2) is 0 Å². The molecule has 1 aliphatic rings. The van der Waals surface area contributed by atoms with E-state index >= 15 is 0 Å². The Hall–Kier alpha value is -1.81. The van der Waals surface area contributed by atoms with Crippen molar-refractivity contribution >= 4 is 16.6 Å². The summed E-state index contributed by atoms with van der Waals surface area (Å²) in [6.07, 6.45) is 3.75. The van der Waals surface area contributed by atoms with Crippen LogP contribution in [0.2, 0.25) is 0 Å². The molecule has 1 fully saturated rings. The first-order valence-corrected chi connectivity index (χ1v) is 7.32. The zero-order valence-electron chi connectivity index (χ0n) is 11.9. The molecule has 20 heavy (non-hydrogen) atoms. The zero-order valence-corrected chi connectivity index (χ0v) is 11.9. The third kappa shape index (κ3) is 2.20. The molecule has 2 aromatic rings. The van der Waals surface area contributed by atoms with Crippen molar-refractivity contribution in [3.63, 3.8) is 0 Å². The molecule has 3 rings (SSSR count). The molecule has 106 valence electrons. The third-order valence-electron chi connectivity index (χ3n) is 4.27. The van der Waals surface area contributed by atoms with Crippen molar-refractivity contribution in [1.82, 2.24) is 9.47 Å². The molecular weight excluding hydrogens is 250 g/mol. The largest absolute Gasteiger partial charge is 0.394 e. The molecule has 0 spiro atoms. The van der Waals surface area contributed by atoms with E-state index in [-0.39, 0.29) is 11.7 Å². The number of aromatic nitrogens is 1. The molecule has 1 aromatic heterocycles. The van der Waals surface area contributed by atoms with E-state index in [0.29, 0.717) is 5.69 Å². The number of hydrogen-bond acceptors (Lipinski definition) is 3. The standard InChI is InChI=1S/C16H21N3O/c1-12(18-9-5-2-6-10-18)19-15-8-4-3-7-13(15)11-14(17)16(19)20/h3-4,7-8,11-12H,2,5-6,9-10,17H2,1H3. The molecule has 2 N–H and O–H groups in total.